The van der Waals surface area contributed by atoms with Crippen LogP contribution in [0.3, 0.4) is 0 Å². The molecule has 0 saturated carbocycles. The molecule has 0 aliphatic carbocycles. The van der Waals surface area contributed by atoms with Crippen LogP contribution < -0.4 is 10.1 Å². The van der Waals surface area contributed by atoms with Crippen molar-refractivity contribution in [3.63, 3.8) is 0 Å². The van der Waals surface area contributed by atoms with Gasteiger partial charge in [0.05, 0.1) is 10.7 Å². The van der Waals surface area contributed by atoms with E-state index in [0.29, 0.717) is 21.5 Å². The maximum absolute atomic E-state index is 12.0. The second kappa shape index (κ2) is 7.36. The Morgan fingerprint density at radius 3 is 2.41 bits per heavy atom. The lowest BCUT2D eigenvalue weighted by atomic mass is 10.1. The lowest BCUT2D eigenvalue weighted by molar-refractivity contribution is -0.118. The predicted octanol–water partition coefficient (Wildman–Crippen LogP) is 5.39. The molecule has 2 aromatic carbocycles. The Hall–Kier alpha value is -1.23. The third kappa shape index (κ3) is 4.38. The number of anilines is 1. The van der Waals surface area contributed by atoms with Gasteiger partial charge in [-0.25, -0.2) is 0 Å². The summed E-state index contributed by atoms with van der Waals surface area (Å²) in [5.74, 6) is 0.388. The van der Waals surface area contributed by atoms with Crippen molar-refractivity contribution in [2.24, 2.45) is 0 Å². The molecule has 116 valence electrons. The van der Waals surface area contributed by atoms with Gasteiger partial charge in [0.15, 0.2) is 6.61 Å². The van der Waals surface area contributed by atoms with Crippen molar-refractivity contribution in [3.05, 3.63) is 56.0 Å². The molecule has 6 heteroatoms. The summed E-state index contributed by atoms with van der Waals surface area (Å²) in [6, 6.07) is 8.84. The van der Waals surface area contributed by atoms with E-state index in [1.54, 1.807) is 30.3 Å². The molecule has 0 fully saturated rings. The maximum atomic E-state index is 12.0. The minimum atomic E-state index is -0.280. The number of ether oxygens (including phenoxy) is 1. The molecule has 0 bridgehead atoms. The number of halogens is 3. The zero-order chi connectivity index (χ0) is 16.3. The molecule has 0 heterocycles. The van der Waals surface area contributed by atoms with E-state index in [4.69, 9.17) is 27.9 Å². The zero-order valence-corrected chi connectivity index (χ0v) is 15.1. The fourth-order valence-electron chi connectivity index (χ4n) is 2.04. The molecule has 0 radical (unpaired) electrons. The van der Waals surface area contributed by atoms with E-state index >= 15 is 0 Å². The summed E-state index contributed by atoms with van der Waals surface area (Å²) >= 11 is 15.3. The van der Waals surface area contributed by atoms with Gasteiger partial charge in [-0.05, 0) is 55.3 Å². The Bertz CT molecular complexity index is 696. The molecular formula is C16H14BrCl2NO2. The first kappa shape index (κ1) is 17.1. The fraction of sp³-hybridized carbons (Fsp3) is 0.188. The van der Waals surface area contributed by atoms with Crippen molar-refractivity contribution >= 4 is 50.7 Å². The highest BCUT2D eigenvalue weighted by molar-refractivity contribution is 9.10. The molecule has 1 amide bonds. The van der Waals surface area contributed by atoms with Gasteiger partial charge in [-0.15, -0.1) is 0 Å². The summed E-state index contributed by atoms with van der Waals surface area (Å²) in [7, 11) is 0. The van der Waals surface area contributed by atoms with Crippen LogP contribution in [0.15, 0.2) is 34.8 Å². The molecule has 1 N–H and O–H groups in total. The first-order valence-corrected chi connectivity index (χ1v) is 8.06. The van der Waals surface area contributed by atoms with Gasteiger partial charge in [-0.1, -0.05) is 39.1 Å². The van der Waals surface area contributed by atoms with Crippen molar-refractivity contribution in [2.75, 3.05) is 11.9 Å². The van der Waals surface area contributed by atoms with Crippen molar-refractivity contribution in [2.45, 2.75) is 13.8 Å². The third-order valence-corrected chi connectivity index (χ3v) is 4.00. The molecule has 0 saturated heterocycles. The zero-order valence-electron chi connectivity index (χ0n) is 12.0. The average molecular weight is 403 g/mol. The first-order valence-electron chi connectivity index (χ1n) is 6.51. The topological polar surface area (TPSA) is 38.3 Å². The summed E-state index contributed by atoms with van der Waals surface area (Å²) in [4.78, 5) is 12.0. The maximum Gasteiger partial charge on any atom is 0.262 e. The highest BCUT2D eigenvalue weighted by atomic mass is 79.9. The van der Waals surface area contributed by atoms with Crippen molar-refractivity contribution in [1.29, 1.82) is 0 Å². The van der Waals surface area contributed by atoms with Crippen LogP contribution in [0.2, 0.25) is 10.0 Å². The highest BCUT2D eigenvalue weighted by Gasteiger charge is 2.10. The van der Waals surface area contributed by atoms with Gasteiger partial charge in [0.25, 0.3) is 5.91 Å². The monoisotopic (exact) mass is 401 g/mol. The molecule has 0 atom stereocenters. The molecule has 0 aromatic heterocycles. The van der Waals surface area contributed by atoms with Crippen LogP contribution >= 0.6 is 39.1 Å². The Kier molecular flexibility index (Phi) is 5.73. The van der Waals surface area contributed by atoms with Crippen LogP contribution in [0.4, 0.5) is 5.69 Å². The SMILES string of the molecule is Cc1cc(Cl)cc(C)c1OCC(=O)Nc1ccc(Br)cc1Cl. The highest BCUT2D eigenvalue weighted by Crippen LogP contribution is 2.28. The molecule has 2 aromatic rings. The minimum absolute atomic E-state index is 0.101. The van der Waals surface area contributed by atoms with Crippen LogP contribution in [-0.4, -0.2) is 12.5 Å². The first-order chi connectivity index (χ1) is 10.4. The van der Waals surface area contributed by atoms with E-state index in [2.05, 4.69) is 21.2 Å². The Balaban J connectivity index is 2.02. The summed E-state index contributed by atoms with van der Waals surface area (Å²) < 4.78 is 6.44. The smallest absolute Gasteiger partial charge is 0.262 e. The number of benzene rings is 2. The van der Waals surface area contributed by atoms with Gasteiger partial charge in [0.1, 0.15) is 5.75 Å². The molecule has 2 rings (SSSR count). The molecular weight excluding hydrogens is 389 g/mol. The molecule has 0 aliphatic heterocycles. The second-order valence-electron chi connectivity index (χ2n) is 4.83. The van der Waals surface area contributed by atoms with E-state index < -0.39 is 0 Å². The van der Waals surface area contributed by atoms with E-state index in [9.17, 15) is 4.79 Å². The number of hydrogen-bond acceptors (Lipinski definition) is 2. The Morgan fingerprint density at radius 2 is 1.82 bits per heavy atom. The standard InChI is InChI=1S/C16H14BrCl2NO2/c1-9-5-12(18)6-10(2)16(9)22-8-15(21)20-14-4-3-11(17)7-13(14)19/h3-7H,8H2,1-2H3,(H,20,21). The molecule has 0 spiro atoms. The largest absolute Gasteiger partial charge is 0.483 e. The van der Waals surface area contributed by atoms with Crippen LogP contribution in [-0.2, 0) is 4.79 Å². The normalized spacial score (nSPS) is 10.4. The summed E-state index contributed by atoms with van der Waals surface area (Å²) in [6.45, 7) is 3.67. The van der Waals surface area contributed by atoms with Gasteiger partial charge in [-0.2, -0.15) is 0 Å². The number of amides is 1. The molecule has 0 aliphatic rings. The van der Waals surface area contributed by atoms with Gasteiger partial charge in [0.2, 0.25) is 0 Å². The Morgan fingerprint density at radius 1 is 1.18 bits per heavy atom. The fourth-order valence-corrected chi connectivity index (χ4v) is 3.09. The lowest BCUT2D eigenvalue weighted by Gasteiger charge is -2.13. The van der Waals surface area contributed by atoms with Gasteiger partial charge in [0, 0.05) is 9.50 Å². The van der Waals surface area contributed by atoms with Crippen molar-refractivity contribution < 1.29 is 9.53 Å². The van der Waals surface area contributed by atoms with E-state index in [0.717, 1.165) is 15.6 Å². The van der Waals surface area contributed by atoms with Gasteiger partial charge < -0.3 is 10.1 Å². The van der Waals surface area contributed by atoms with Crippen LogP contribution in [0.5, 0.6) is 5.75 Å². The van der Waals surface area contributed by atoms with E-state index in [-0.39, 0.29) is 12.5 Å². The second-order valence-corrected chi connectivity index (χ2v) is 6.59. The van der Waals surface area contributed by atoms with Crippen LogP contribution in [0.25, 0.3) is 0 Å². The predicted molar refractivity (Wildman–Crippen MR) is 94.2 cm³/mol. The minimum Gasteiger partial charge on any atom is -0.483 e. The lowest BCUT2D eigenvalue weighted by Crippen LogP contribution is -2.20. The average Bonchev–Trinajstić information content (AvgIpc) is 2.40. The molecule has 3 nitrogen and oxygen atoms in total. The number of rotatable bonds is 4. The quantitative estimate of drug-likeness (QED) is 0.744. The summed E-state index contributed by atoms with van der Waals surface area (Å²) in [5.41, 5.74) is 2.32. The summed E-state index contributed by atoms with van der Waals surface area (Å²) in [6.07, 6.45) is 0. The summed E-state index contributed by atoms with van der Waals surface area (Å²) in [5, 5.41) is 3.82. The number of aryl methyl sites for hydroxylation is 2. The number of carbonyl (C=O) groups excluding carboxylic acids is 1. The number of nitrogens with one attached hydrogen (secondary N) is 1. The van der Waals surface area contributed by atoms with Gasteiger partial charge in [-0.3, -0.25) is 4.79 Å². The molecule has 22 heavy (non-hydrogen) atoms. The van der Waals surface area contributed by atoms with Crippen LogP contribution in [0, 0.1) is 13.8 Å². The van der Waals surface area contributed by atoms with Crippen LogP contribution in [0.1, 0.15) is 11.1 Å². The van der Waals surface area contributed by atoms with E-state index in [1.807, 2.05) is 13.8 Å². The Labute approximate surface area is 147 Å². The van der Waals surface area contributed by atoms with Crippen molar-refractivity contribution in [1.82, 2.24) is 0 Å². The third-order valence-electron chi connectivity index (χ3n) is 2.98. The van der Waals surface area contributed by atoms with Gasteiger partial charge >= 0.3 is 0 Å². The van der Waals surface area contributed by atoms with E-state index in [1.165, 1.54) is 0 Å². The van der Waals surface area contributed by atoms with Crippen molar-refractivity contribution in [3.8, 4) is 5.75 Å². The number of hydrogen-bond donors (Lipinski definition) is 1. The number of carbonyl (C=O) groups is 1. The molecule has 0 unspecified atom stereocenters.